The molecule has 65 heavy (non-hydrogen) atoms. The first-order valence-electron chi connectivity index (χ1n) is 19.6. The first-order chi connectivity index (χ1) is 31.1. The fourth-order valence-corrected chi connectivity index (χ4v) is 6.31. The Morgan fingerprint density at radius 3 is 1.54 bits per heavy atom. The van der Waals surface area contributed by atoms with Gasteiger partial charge in [-0.05, 0) is 107 Å². The zero-order valence-electron chi connectivity index (χ0n) is 36.3. The number of halogens is 3. The van der Waals surface area contributed by atoms with E-state index in [0.717, 1.165) is 18.4 Å². The highest BCUT2D eigenvalue weighted by molar-refractivity contribution is 6.68. The highest BCUT2D eigenvalue weighted by Crippen LogP contribution is 2.28. The van der Waals surface area contributed by atoms with Crippen LogP contribution < -0.4 is 5.32 Å². The van der Waals surface area contributed by atoms with Crippen LogP contribution in [0, 0.1) is 0 Å². The zero-order valence-corrected chi connectivity index (χ0v) is 38.6. The fourth-order valence-electron chi connectivity index (χ4n) is 5.82. The van der Waals surface area contributed by atoms with Crippen LogP contribution in [0.25, 0.3) is 20.9 Å². The summed E-state index contributed by atoms with van der Waals surface area (Å²) in [5.41, 5.74) is 20.0. The predicted octanol–water partition coefficient (Wildman–Crippen LogP) is 10.6. The third-order valence-electron chi connectivity index (χ3n) is 9.06. The van der Waals surface area contributed by atoms with Crippen molar-refractivity contribution in [1.82, 2.24) is 10.2 Å². The zero-order chi connectivity index (χ0) is 48.5. The van der Waals surface area contributed by atoms with Crippen molar-refractivity contribution in [2.24, 2.45) is 10.2 Å². The van der Waals surface area contributed by atoms with Gasteiger partial charge in [0, 0.05) is 44.1 Å². The number of amides is 1. The molecule has 0 radical (unpaired) electrons. The minimum absolute atomic E-state index is 0.0520. The third kappa shape index (κ3) is 17.4. The lowest BCUT2D eigenvalue weighted by Crippen LogP contribution is -2.45. The molecule has 0 aliphatic carbocycles. The van der Waals surface area contributed by atoms with E-state index < -0.39 is 29.1 Å². The molecule has 0 unspecified atom stereocenters. The third-order valence-corrected chi connectivity index (χ3v) is 9.73. The smallest absolute Gasteiger partial charge is 0.337 e. The summed E-state index contributed by atoms with van der Waals surface area (Å²) < 4.78 is 19.0. The molecule has 0 bridgehead atoms. The van der Waals surface area contributed by atoms with Gasteiger partial charge in [0.15, 0.2) is 0 Å². The van der Waals surface area contributed by atoms with Crippen molar-refractivity contribution in [2.75, 3.05) is 28.4 Å². The van der Waals surface area contributed by atoms with E-state index in [1.54, 1.807) is 36.4 Å². The van der Waals surface area contributed by atoms with Crippen molar-refractivity contribution >= 4 is 81.2 Å². The van der Waals surface area contributed by atoms with Crippen LogP contribution >= 0.6 is 34.8 Å². The number of methoxy groups -OCH3 is 4. The summed E-state index contributed by atoms with van der Waals surface area (Å²) in [4.78, 5) is 78.1. The summed E-state index contributed by atoms with van der Waals surface area (Å²) in [6, 6.07) is 21.0. The van der Waals surface area contributed by atoms with Crippen LogP contribution in [-0.4, -0.2) is 80.4 Å². The molecule has 4 aromatic rings. The van der Waals surface area contributed by atoms with Crippen molar-refractivity contribution in [3.8, 4) is 0 Å². The summed E-state index contributed by atoms with van der Waals surface area (Å²) in [5, 5.41) is 10.0. The molecule has 0 saturated heterocycles. The molecular weight excluding hydrogens is 907 g/mol. The lowest BCUT2D eigenvalue weighted by Gasteiger charge is -2.30. The highest BCUT2D eigenvalue weighted by atomic mass is 35.5. The molecule has 0 saturated carbocycles. The van der Waals surface area contributed by atoms with E-state index in [1.807, 2.05) is 26.0 Å². The van der Waals surface area contributed by atoms with E-state index in [0.29, 0.717) is 46.1 Å². The maximum Gasteiger partial charge on any atom is 0.337 e. The minimum atomic E-state index is -0.868. The summed E-state index contributed by atoms with van der Waals surface area (Å²) in [7, 11) is 5.28. The van der Waals surface area contributed by atoms with Crippen LogP contribution in [0.5, 0.6) is 0 Å². The first-order valence-corrected chi connectivity index (χ1v) is 20.7. The quantitative estimate of drug-likeness (QED) is 0.0245. The van der Waals surface area contributed by atoms with Gasteiger partial charge in [0.2, 0.25) is 0 Å². The van der Waals surface area contributed by atoms with E-state index in [-0.39, 0.29) is 47.0 Å². The average Bonchev–Trinajstić information content (AvgIpc) is 3.31. The van der Waals surface area contributed by atoms with Crippen molar-refractivity contribution in [1.29, 1.82) is 0 Å². The lowest BCUT2D eigenvalue weighted by atomic mass is 10.0. The lowest BCUT2D eigenvalue weighted by molar-refractivity contribution is -0.146. The Morgan fingerprint density at radius 2 is 1.11 bits per heavy atom. The number of hydrogen-bond acceptors (Lipinski definition) is 13. The maximum absolute atomic E-state index is 13.5. The molecule has 344 valence electrons. The van der Waals surface area contributed by atoms with Gasteiger partial charge in [0.25, 0.3) is 11.1 Å². The second-order valence-electron chi connectivity index (χ2n) is 13.4. The predicted molar refractivity (Wildman–Crippen MR) is 244 cm³/mol. The highest BCUT2D eigenvalue weighted by Gasteiger charge is 2.32. The van der Waals surface area contributed by atoms with Crippen LogP contribution in [0.3, 0.4) is 0 Å². The largest absolute Gasteiger partial charge is 0.468 e. The molecule has 1 N–H and O–H groups in total. The number of azide groups is 2. The Balaban J connectivity index is 0.000000373. The van der Waals surface area contributed by atoms with E-state index in [9.17, 15) is 28.8 Å². The molecule has 0 fully saturated rings. The van der Waals surface area contributed by atoms with Gasteiger partial charge >= 0.3 is 23.9 Å². The van der Waals surface area contributed by atoms with Crippen molar-refractivity contribution < 1.29 is 47.7 Å². The number of rotatable bonds is 18. The van der Waals surface area contributed by atoms with E-state index >= 15 is 0 Å². The molecule has 0 aliphatic heterocycles. The number of nitrogens with zero attached hydrogens (tertiary/aromatic N) is 7. The van der Waals surface area contributed by atoms with Crippen molar-refractivity contribution in [3.05, 3.63) is 149 Å². The SMILES string of the molecule is CCC[C@@H](NCc1ccc(C(=O)OC)cc1)C(=O)OC.CCC[C@H](C(=O)OC)N(Cc1ccc(C(=O)OC)cc1)C(=O)c1ccc(Cl)cc1N=[N+]=[N-].[N-]=[N+]=Nc1cc(Cl)ccc1C(=O)Cl. The number of esters is 4. The topological polar surface area (TPSA) is 252 Å². The molecule has 4 aromatic carbocycles. The molecule has 0 aromatic heterocycles. The van der Waals surface area contributed by atoms with Gasteiger partial charge in [-0.3, -0.25) is 14.4 Å². The van der Waals surface area contributed by atoms with Gasteiger partial charge in [-0.15, -0.1) is 0 Å². The molecule has 0 heterocycles. The second-order valence-corrected chi connectivity index (χ2v) is 14.6. The minimum Gasteiger partial charge on any atom is -0.468 e. The number of nitrogens with one attached hydrogen (secondary N) is 1. The van der Waals surface area contributed by atoms with Gasteiger partial charge in [0.1, 0.15) is 12.1 Å². The number of ether oxygens (including phenoxy) is 4. The molecule has 2 atom stereocenters. The Morgan fingerprint density at radius 1 is 0.646 bits per heavy atom. The molecule has 0 aliphatic rings. The monoisotopic (exact) mass is 952 g/mol. The summed E-state index contributed by atoms with van der Waals surface area (Å²) in [6.45, 7) is 4.50. The number of carbonyl (C=O) groups is 6. The Hall–Kier alpha value is -6.65. The van der Waals surface area contributed by atoms with E-state index in [4.69, 9.17) is 60.1 Å². The summed E-state index contributed by atoms with van der Waals surface area (Å²) in [5.74, 6) is -2.18. The summed E-state index contributed by atoms with van der Waals surface area (Å²) >= 11 is 16.8. The number of benzene rings is 4. The van der Waals surface area contributed by atoms with E-state index in [2.05, 4.69) is 30.1 Å². The van der Waals surface area contributed by atoms with Gasteiger partial charge in [-0.2, -0.15) is 0 Å². The average molecular weight is 954 g/mol. The number of carbonyl (C=O) groups excluding carboxylic acids is 6. The van der Waals surface area contributed by atoms with Crippen LogP contribution in [0.4, 0.5) is 11.4 Å². The van der Waals surface area contributed by atoms with Gasteiger partial charge in [-0.25, -0.2) is 14.4 Å². The maximum atomic E-state index is 13.5. The first kappa shape index (κ1) is 54.5. The van der Waals surface area contributed by atoms with Crippen molar-refractivity contribution in [2.45, 2.75) is 64.7 Å². The molecule has 18 nitrogen and oxygen atoms in total. The van der Waals surface area contributed by atoms with Gasteiger partial charge < -0.3 is 29.2 Å². The Bertz CT molecular complexity index is 2370. The second kappa shape index (κ2) is 28.9. The van der Waals surface area contributed by atoms with Crippen molar-refractivity contribution in [3.63, 3.8) is 0 Å². The molecule has 21 heteroatoms. The van der Waals surface area contributed by atoms with Crippen LogP contribution in [0.1, 0.15) is 92.1 Å². The fraction of sp³-hybridized carbons (Fsp3) is 0.318. The van der Waals surface area contributed by atoms with Crippen LogP contribution in [0.2, 0.25) is 10.0 Å². The summed E-state index contributed by atoms with van der Waals surface area (Å²) in [6.07, 6.45) is 2.61. The van der Waals surface area contributed by atoms with Crippen LogP contribution in [-0.2, 0) is 41.6 Å². The molecule has 1 amide bonds. The van der Waals surface area contributed by atoms with Gasteiger partial charge in [0.05, 0.1) is 50.9 Å². The Labute approximate surface area is 390 Å². The standard InChI is InChI=1S/C22H23ClN4O5.C15H21NO4.C7H3Cl2N3O/c1-4-5-19(22(30)32-3)27(13-14-6-8-15(9-7-14)21(29)31-2)20(28)17-11-10-16(23)12-18(17)25-26-24;1-4-5-13(15(18)20-3)16-10-11-6-8-12(9-7-11)14(17)19-2;8-4-1-2-5(7(9)13)6(3-4)11-12-10/h6-12,19H,4-5,13H2,1-3H3;6-9,13,16H,4-5,10H2,1-3H3;1-3H/t19-;13-;/m11./s1. The Kier molecular flexibility index (Phi) is 24.2. The molecular formula is C44H47Cl3N8O10. The molecule has 0 spiro atoms. The van der Waals surface area contributed by atoms with Crippen LogP contribution in [0.15, 0.2) is 95.2 Å². The number of hydrogen-bond donors (Lipinski definition) is 1. The van der Waals surface area contributed by atoms with E-state index in [1.165, 1.54) is 69.7 Å². The molecule has 4 rings (SSSR count). The van der Waals surface area contributed by atoms with Gasteiger partial charge in [-0.1, -0.05) is 84.4 Å². The normalized spacial score (nSPS) is 10.9.